The molecule has 7 rings (SSSR count). The van der Waals surface area contributed by atoms with E-state index in [1.807, 2.05) is 51.4 Å². The number of nitrogens with zero attached hydrogens (tertiary/aromatic N) is 6. The highest BCUT2D eigenvalue weighted by atomic mass is 16.5. The molecule has 0 spiro atoms. The van der Waals surface area contributed by atoms with Gasteiger partial charge in [0.1, 0.15) is 23.7 Å². The minimum Gasteiger partial charge on any atom is -0.453 e. The Balaban J connectivity index is 0.999. The van der Waals surface area contributed by atoms with Crippen LogP contribution in [0.4, 0.5) is 9.59 Å². The van der Waals surface area contributed by atoms with Crippen molar-refractivity contribution in [3.8, 4) is 33.6 Å². The van der Waals surface area contributed by atoms with E-state index >= 15 is 0 Å². The van der Waals surface area contributed by atoms with Crippen LogP contribution in [-0.4, -0.2) is 103 Å². The first-order valence-corrected chi connectivity index (χ1v) is 19.6. The smallest absolute Gasteiger partial charge is 0.407 e. The van der Waals surface area contributed by atoms with E-state index in [-0.39, 0.29) is 36.2 Å². The quantitative estimate of drug-likeness (QED) is 0.126. The minimum absolute atomic E-state index is 0.109. The normalized spacial score (nSPS) is 17.6. The van der Waals surface area contributed by atoms with Crippen molar-refractivity contribution in [2.45, 2.75) is 70.1 Å². The zero-order chi connectivity index (χ0) is 40.9. The standard InChI is InChI=1S/C42H50N10O6/c1-25(2)36(49-42(56)58-5)40(54)52-19-7-9-35(52)38-44-22-33(47-38)29-16-12-27(13-17-29)26-10-14-28(15-11-26)32-21-43-37(46-32)34-8-6-18-51(34)39(53)31(48-41(55)57-4)20-30-23-50(3)24-45-30/h10-17,21-25,31,34-36H,6-9,18-20H2,1-5H3,(H,43,46)(H,44,47)(H,48,55)(H,49,56)/t31-,34-,35-,36+/m0/s1. The summed E-state index contributed by atoms with van der Waals surface area (Å²) in [6, 6.07) is 14.4. The Morgan fingerprint density at radius 2 is 1.21 bits per heavy atom. The Bertz CT molecular complexity index is 2230. The zero-order valence-electron chi connectivity index (χ0n) is 33.4. The molecule has 2 fully saturated rings. The third-order valence-corrected chi connectivity index (χ3v) is 11.0. The number of aryl methyl sites for hydroxylation is 1. The Labute approximate surface area is 336 Å². The second kappa shape index (κ2) is 17.4. The minimum atomic E-state index is -0.835. The topological polar surface area (TPSA) is 192 Å². The number of aromatic nitrogens is 6. The van der Waals surface area contributed by atoms with E-state index in [2.05, 4.69) is 54.8 Å². The van der Waals surface area contributed by atoms with Gasteiger partial charge in [-0.3, -0.25) is 9.59 Å². The molecule has 2 aliphatic rings. The second-order valence-electron chi connectivity index (χ2n) is 15.2. The van der Waals surface area contributed by atoms with E-state index in [1.165, 1.54) is 14.2 Å². The number of aromatic amines is 2. The number of nitrogens with one attached hydrogen (secondary N) is 4. The van der Waals surface area contributed by atoms with Gasteiger partial charge in [0.05, 0.1) is 62.1 Å². The molecule has 4 atom stereocenters. The lowest BCUT2D eigenvalue weighted by atomic mass is 10.0. The molecule has 2 aromatic carbocycles. The monoisotopic (exact) mass is 790 g/mol. The summed E-state index contributed by atoms with van der Waals surface area (Å²) >= 11 is 0. The number of hydrogen-bond donors (Lipinski definition) is 4. The zero-order valence-corrected chi connectivity index (χ0v) is 33.4. The van der Waals surface area contributed by atoms with Crippen molar-refractivity contribution in [1.29, 1.82) is 0 Å². The van der Waals surface area contributed by atoms with Crippen molar-refractivity contribution in [2.24, 2.45) is 13.0 Å². The Morgan fingerprint density at radius 1 is 0.724 bits per heavy atom. The van der Waals surface area contributed by atoms with Crippen LogP contribution in [0.3, 0.4) is 0 Å². The predicted octanol–water partition coefficient (Wildman–Crippen LogP) is 5.54. The van der Waals surface area contributed by atoms with Crippen LogP contribution in [0.25, 0.3) is 33.6 Å². The highest BCUT2D eigenvalue weighted by Crippen LogP contribution is 2.35. The first-order chi connectivity index (χ1) is 28.0. The number of H-pyrrole nitrogens is 2. The van der Waals surface area contributed by atoms with Gasteiger partial charge >= 0.3 is 12.2 Å². The van der Waals surface area contributed by atoms with Crippen molar-refractivity contribution < 1.29 is 28.7 Å². The fourth-order valence-corrected chi connectivity index (χ4v) is 7.88. The van der Waals surface area contributed by atoms with E-state index in [1.54, 1.807) is 33.1 Å². The van der Waals surface area contributed by atoms with Crippen LogP contribution in [-0.2, 0) is 32.5 Å². The molecule has 3 aromatic heterocycles. The molecular formula is C42H50N10O6. The van der Waals surface area contributed by atoms with Crippen LogP contribution in [0.1, 0.15) is 69.0 Å². The molecule has 16 heteroatoms. The van der Waals surface area contributed by atoms with Gasteiger partial charge in [-0.15, -0.1) is 0 Å². The van der Waals surface area contributed by atoms with Gasteiger partial charge in [-0.2, -0.15) is 0 Å². The molecule has 0 bridgehead atoms. The third kappa shape index (κ3) is 8.60. The summed E-state index contributed by atoms with van der Waals surface area (Å²) in [5.74, 6) is 0.949. The molecule has 5 aromatic rings. The molecule has 16 nitrogen and oxygen atoms in total. The maximum Gasteiger partial charge on any atom is 0.407 e. The summed E-state index contributed by atoms with van der Waals surface area (Å²) in [7, 11) is 4.42. The van der Waals surface area contributed by atoms with E-state index in [0.29, 0.717) is 24.6 Å². The van der Waals surface area contributed by atoms with Gasteiger partial charge in [0.25, 0.3) is 0 Å². The summed E-state index contributed by atoms with van der Waals surface area (Å²) in [5.41, 5.74) is 6.40. The first kappa shape index (κ1) is 39.8. The number of alkyl carbamates (subject to hydrolysis) is 2. The molecule has 2 saturated heterocycles. The number of ether oxygens (including phenoxy) is 2. The highest BCUT2D eigenvalue weighted by Gasteiger charge is 2.38. The van der Waals surface area contributed by atoms with E-state index in [0.717, 1.165) is 65.1 Å². The molecule has 4 amide bonds. The summed E-state index contributed by atoms with van der Waals surface area (Å²) in [4.78, 5) is 75.7. The Hall–Kier alpha value is -6.45. The lowest BCUT2D eigenvalue weighted by molar-refractivity contribution is -0.135. The van der Waals surface area contributed by atoms with Crippen LogP contribution in [0, 0.1) is 5.92 Å². The molecular weight excluding hydrogens is 741 g/mol. The fourth-order valence-electron chi connectivity index (χ4n) is 7.88. The predicted molar refractivity (Wildman–Crippen MR) is 215 cm³/mol. The molecule has 5 heterocycles. The van der Waals surface area contributed by atoms with Crippen LogP contribution in [0.2, 0.25) is 0 Å². The van der Waals surface area contributed by atoms with Crippen molar-refractivity contribution in [3.63, 3.8) is 0 Å². The average molecular weight is 791 g/mol. The van der Waals surface area contributed by atoms with Gasteiger partial charge < -0.3 is 44.4 Å². The van der Waals surface area contributed by atoms with Gasteiger partial charge in [0.15, 0.2) is 0 Å². The molecule has 304 valence electrons. The van der Waals surface area contributed by atoms with Crippen molar-refractivity contribution in [3.05, 3.63) is 90.8 Å². The molecule has 58 heavy (non-hydrogen) atoms. The van der Waals surface area contributed by atoms with E-state index in [4.69, 9.17) is 14.5 Å². The fraction of sp³-hybridized carbons (Fsp3) is 0.405. The SMILES string of the molecule is COC(=O)N[C@@H](Cc1cn(C)cn1)C(=O)N1CCC[C@H]1c1ncc(-c2ccc(-c3ccc(-c4cnc([C@@H]5CCCN5C(=O)[C@H](NC(=O)OC)C(C)C)[nH]4)cc3)cc2)[nH]1. The summed E-state index contributed by atoms with van der Waals surface area (Å²) in [6.07, 6.45) is 9.19. The van der Waals surface area contributed by atoms with Crippen LogP contribution in [0.5, 0.6) is 0 Å². The Kier molecular flexibility index (Phi) is 11.9. The lowest BCUT2D eigenvalue weighted by Gasteiger charge is -2.30. The number of benzene rings is 2. The van der Waals surface area contributed by atoms with Crippen molar-refractivity contribution >= 4 is 24.0 Å². The Morgan fingerprint density at radius 3 is 1.67 bits per heavy atom. The lowest BCUT2D eigenvalue weighted by Crippen LogP contribution is -2.51. The largest absolute Gasteiger partial charge is 0.453 e. The number of likely N-dealkylation sites (tertiary alicyclic amines) is 2. The summed E-state index contributed by atoms with van der Waals surface area (Å²) in [5, 5.41) is 5.39. The van der Waals surface area contributed by atoms with Gasteiger partial charge in [0, 0.05) is 32.8 Å². The number of amides is 4. The second-order valence-corrected chi connectivity index (χ2v) is 15.2. The molecule has 2 aliphatic heterocycles. The van der Waals surface area contributed by atoms with Crippen molar-refractivity contribution in [2.75, 3.05) is 27.3 Å². The molecule has 0 unspecified atom stereocenters. The first-order valence-electron chi connectivity index (χ1n) is 19.6. The maximum atomic E-state index is 13.9. The summed E-state index contributed by atoms with van der Waals surface area (Å²) in [6.45, 7) is 4.93. The number of hydrogen-bond acceptors (Lipinski definition) is 9. The van der Waals surface area contributed by atoms with Gasteiger partial charge in [-0.05, 0) is 53.9 Å². The molecule has 4 N–H and O–H groups in total. The average Bonchev–Trinajstić information content (AvgIpc) is 4.09. The third-order valence-electron chi connectivity index (χ3n) is 11.0. The van der Waals surface area contributed by atoms with Crippen LogP contribution < -0.4 is 10.6 Å². The highest BCUT2D eigenvalue weighted by molar-refractivity contribution is 5.87. The van der Waals surface area contributed by atoms with E-state index < -0.39 is 24.3 Å². The molecule has 0 aliphatic carbocycles. The maximum absolute atomic E-state index is 13.9. The molecule has 0 radical (unpaired) electrons. The van der Waals surface area contributed by atoms with E-state index in [9.17, 15) is 19.2 Å². The molecule has 0 saturated carbocycles. The van der Waals surface area contributed by atoms with Gasteiger partial charge in [0.2, 0.25) is 11.8 Å². The van der Waals surface area contributed by atoms with Crippen LogP contribution in [0.15, 0.2) is 73.4 Å². The number of carbonyl (C=O) groups is 4. The number of rotatable bonds is 12. The summed E-state index contributed by atoms with van der Waals surface area (Å²) < 4.78 is 11.4. The van der Waals surface area contributed by atoms with Crippen LogP contribution >= 0.6 is 0 Å². The number of imidazole rings is 3. The van der Waals surface area contributed by atoms with Crippen molar-refractivity contribution in [1.82, 2.24) is 49.9 Å². The number of carbonyl (C=O) groups excluding carboxylic acids is 4. The van der Waals surface area contributed by atoms with Gasteiger partial charge in [-0.25, -0.2) is 24.5 Å². The van der Waals surface area contributed by atoms with Gasteiger partial charge in [-0.1, -0.05) is 62.4 Å². The number of methoxy groups -OCH3 is 2.